The largest absolute Gasteiger partial charge is 0.452 e. The molecule has 0 atom stereocenters. The lowest BCUT2D eigenvalue weighted by molar-refractivity contribution is 0.483. The first-order valence-electron chi connectivity index (χ1n) is 4.96. The monoisotopic (exact) mass is 408 g/mol. The van der Waals surface area contributed by atoms with Crippen molar-refractivity contribution in [1.82, 2.24) is 0 Å². The van der Waals surface area contributed by atoms with Crippen LogP contribution in [0.25, 0.3) is 0 Å². The van der Waals surface area contributed by atoms with Crippen molar-refractivity contribution in [2.24, 2.45) is 0 Å². The molecule has 0 amide bonds. The quantitative estimate of drug-likeness (QED) is 0.454. The summed E-state index contributed by atoms with van der Waals surface area (Å²) in [6, 6.07) is 4.29. The van der Waals surface area contributed by atoms with E-state index in [0.717, 1.165) is 0 Å². The van der Waals surface area contributed by atoms with E-state index in [-0.39, 0.29) is 41.6 Å². The van der Waals surface area contributed by atoms with Gasteiger partial charge < -0.3 is 4.74 Å². The molecule has 0 saturated carbocycles. The third kappa shape index (κ3) is 3.36. The van der Waals surface area contributed by atoms with E-state index in [2.05, 4.69) is 0 Å². The summed E-state index contributed by atoms with van der Waals surface area (Å²) in [5.74, 6) is 0.314. The Hall–Kier alpha value is 0.270. The van der Waals surface area contributed by atoms with Crippen LogP contribution in [0.2, 0.25) is 35.2 Å². The number of hydrogen-bond donors (Lipinski definition) is 0. The van der Waals surface area contributed by atoms with Crippen LogP contribution in [0.5, 0.6) is 11.5 Å². The molecule has 2 aromatic carbocycles. The van der Waals surface area contributed by atoms with Gasteiger partial charge in [-0.1, -0.05) is 81.2 Å². The Bertz CT molecular complexity index is 658. The molecular formula is C12H3Cl7O. The Morgan fingerprint density at radius 2 is 1.00 bits per heavy atom. The first-order valence-corrected chi connectivity index (χ1v) is 7.61. The van der Waals surface area contributed by atoms with E-state index in [0.29, 0.717) is 5.02 Å². The van der Waals surface area contributed by atoms with Crippen molar-refractivity contribution in [3.8, 4) is 11.5 Å². The minimum atomic E-state index is 0.0890. The normalized spacial score (nSPS) is 10.8. The third-order valence-electron chi connectivity index (χ3n) is 2.26. The fourth-order valence-electron chi connectivity index (χ4n) is 1.33. The smallest absolute Gasteiger partial charge is 0.167 e. The molecule has 106 valence electrons. The third-order valence-corrected chi connectivity index (χ3v) is 4.82. The first kappa shape index (κ1) is 16.6. The van der Waals surface area contributed by atoms with E-state index in [4.69, 9.17) is 85.9 Å². The molecule has 2 rings (SSSR count). The predicted molar refractivity (Wildman–Crippen MR) is 88.0 cm³/mol. The summed E-state index contributed by atoms with van der Waals surface area (Å²) in [6.45, 7) is 0. The Labute approximate surface area is 150 Å². The molecule has 8 heteroatoms. The molecule has 0 unspecified atom stereocenters. The maximum Gasteiger partial charge on any atom is 0.167 e. The lowest BCUT2D eigenvalue weighted by atomic mass is 10.3. The van der Waals surface area contributed by atoms with Crippen molar-refractivity contribution in [2.75, 3.05) is 0 Å². The van der Waals surface area contributed by atoms with Gasteiger partial charge in [0, 0.05) is 6.07 Å². The topological polar surface area (TPSA) is 9.23 Å². The highest BCUT2D eigenvalue weighted by molar-refractivity contribution is 6.49. The zero-order chi connectivity index (χ0) is 15.0. The zero-order valence-electron chi connectivity index (χ0n) is 9.29. The predicted octanol–water partition coefficient (Wildman–Crippen LogP) is 8.05. The first-order chi connectivity index (χ1) is 9.31. The van der Waals surface area contributed by atoms with E-state index in [9.17, 15) is 0 Å². The minimum absolute atomic E-state index is 0.0890. The van der Waals surface area contributed by atoms with Crippen LogP contribution >= 0.6 is 81.2 Å². The molecule has 0 fully saturated rings. The number of hydrogen-bond acceptors (Lipinski definition) is 1. The maximum absolute atomic E-state index is 6.04. The summed E-state index contributed by atoms with van der Waals surface area (Å²) in [6.07, 6.45) is 0. The second-order valence-corrected chi connectivity index (χ2v) is 6.39. The number of rotatable bonds is 2. The number of benzene rings is 2. The van der Waals surface area contributed by atoms with E-state index in [1.807, 2.05) is 0 Å². The van der Waals surface area contributed by atoms with Gasteiger partial charge in [0.2, 0.25) is 0 Å². The van der Waals surface area contributed by atoms with Gasteiger partial charge in [-0.05, 0) is 12.1 Å². The van der Waals surface area contributed by atoms with Crippen LogP contribution < -0.4 is 4.74 Å². The van der Waals surface area contributed by atoms with Crippen LogP contribution in [0.3, 0.4) is 0 Å². The van der Waals surface area contributed by atoms with Gasteiger partial charge in [0.25, 0.3) is 0 Å². The lowest BCUT2D eigenvalue weighted by Gasteiger charge is -2.13. The van der Waals surface area contributed by atoms with Crippen LogP contribution in [0.15, 0.2) is 18.2 Å². The van der Waals surface area contributed by atoms with Crippen molar-refractivity contribution in [3.63, 3.8) is 0 Å². The molecular weight excluding hydrogens is 408 g/mol. The highest BCUT2D eigenvalue weighted by Gasteiger charge is 2.18. The Balaban J connectivity index is 2.53. The van der Waals surface area contributed by atoms with E-state index in [1.54, 1.807) is 0 Å². The molecule has 1 nitrogen and oxygen atoms in total. The number of ether oxygens (including phenoxy) is 1. The molecule has 0 radical (unpaired) electrons. The van der Waals surface area contributed by atoms with Gasteiger partial charge in [0.15, 0.2) is 5.75 Å². The Morgan fingerprint density at radius 1 is 0.550 bits per heavy atom. The van der Waals surface area contributed by atoms with Gasteiger partial charge in [-0.15, -0.1) is 0 Å². The highest BCUT2D eigenvalue weighted by Crippen LogP contribution is 2.46. The fourth-order valence-corrected chi connectivity index (χ4v) is 2.78. The van der Waals surface area contributed by atoms with Gasteiger partial charge in [0.1, 0.15) is 15.8 Å². The molecule has 0 aliphatic carbocycles. The van der Waals surface area contributed by atoms with Crippen LogP contribution in [-0.4, -0.2) is 0 Å². The highest BCUT2D eigenvalue weighted by atomic mass is 35.5. The molecule has 0 saturated heterocycles. The standard InChI is InChI=1S/C12H3Cl7O/c13-4-1-6(15)9(3-5(4)14)20-12-10(18)7(16)2-8(17)11(12)19/h1-3H. The van der Waals surface area contributed by atoms with Gasteiger partial charge in [-0.25, -0.2) is 0 Å². The van der Waals surface area contributed by atoms with E-state index >= 15 is 0 Å². The summed E-state index contributed by atoms with van der Waals surface area (Å²) in [7, 11) is 0. The Kier molecular flexibility index (Phi) is 5.47. The molecule has 2 aromatic rings. The van der Waals surface area contributed by atoms with Crippen molar-refractivity contribution in [3.05, 3.63) is 53.4 Å². The second-order valence-electron chi connectivity index (χ2n) is 3.60. The van der Waals surface area contributed by atoms with Gasteiger partial charge in [-0.2, -0.15) is 0 Å². The van der Waals surface area contributed by atoms with Crippen molar-refractivity contribution in [2.45, 2.75) is 0 Å². The SMILES string of the molecule is Clc1cc(Cl)c(Oc2c(Cl)c(Cl)cc(Cl)c2Cl)cc1Cl. The Morgan fingerprint density at radius 3 is 1.55 bits per heavy atom. The molecule has 20 heavy (non-hydrogen) atoms. The molecule has 0 N–H and O–H groups in total. The molecule has 0 bridgehead atoms. The van der Waals surface area contributed by atoms with Crippen LogP contribution in [-0.2, 0) is 0 Å². The minimum Gasteiger partial charge on any atom is -0.452 e. The maximum atomic E-state index is 6.04. The van der Waals surface area contributed by atoms with Crippen molar-refractivity contribution in [1.29, 1.82) is 0 Å². The van der Waals surface area contributed by atoms with E-state index < -0.39 is 0 Å². The molecule has 0 aromatic heterocycles. The van der Waals surface area contributed by atoms with E-state index in [1.165, 1.54) is 18.2 Å². The van der Waals surface area contributed by atoms with Crippen LogP contribution in [0.1, 0.15) is 0 Å². The second kappa shape index (κ2) is 6.58. The van der Waals surface area contributed by atoms with Crippen molar-refractivity contribution < 1.29 is 4.74 Å². The molecule has 0 aliphatic rings. The number of halogens is 7. The van der Waals surface area contributed by atoms with Gasteiger partial charge in [0.05, 0.1) is 25.1 Å². The molecule has 0 spiro atoms. The average molecular weight is 411 g/mol. The lowest BCUT2D eigenvalue weighted by Crippen LogP contribution is -1.90. The summed E-state index contributed by atoms with van der Waals surface area (Å²) in [4.78, 5) is 0. The van der Waals surface area contributed by atoms with Crippen molar-refractivity contribution >= 4 is 81.2 Å². The van der Waals surface area contributed by atoms with Crippen LogP contribution in [0.4, 0.5) is 0 Å². The van der Waals surface area contributed by atoms with Gasteiger partial charge in [-0.3, -0.25) is 0 Å². The average Bonchev–Trinajstić information content (AvgIpc) is 2.38. The molecule has 0 heterocycles. The summed E-state index contributed by atoms with van der Waals surface area (Å²) < 4.78 is 5.56. The summed E-state index contributed by atoms with van der Waals surface area (Å²) >= 11 is 41.7. The molecule has 0 aliphatic heterocycles. The summed E-state index contributed by atoms with van der Waals surface area (Å²) in [5.41, 5.74) is 0. The zero-order valence-corrected chi connectivity index (χ0v) is 14.6. The summed E-state index contributed by atoms with van der Waals surface area (Å²) in [5, 5.41) is 1.44. The van der Waals surface area contributed by atoms with Gasteiger partial charge >= 0.3 is 0 Å². The fraction of sp³-hybridized carbons (Fsp3) is 0. The van der Waals surface area contributed by atoms with Crippen LogP contribution in [0, 0.1) is 0 Å².